The molecule has 3 nitrogen and oxygen atoms in total. The molecule has 2 heterocycles. The molecule has 2 aromatic heterocycles. The molecule has 0 atom stereocenters. The van der Waals surface area contributed by atoms with Gasteiger partial charge >= 0.3 is 0 Å². The normalized spacial score (nSPS) is 11.3. The molecule has 4 aromatic rings. The largest absolute Gasteiger partial charge is 0.256 e. The first-order valence-corrected chi connectivity index (χ1v) is 5.79. The Kier molecular flexibility index (Phi) is 1.83. The molecule has 0 amide bonds. The van der Waals surface area contributed by atoms with E-state index in [0.717, 1.165) is 27.2 Å². The van der Waals surface area contributed by atoms with E-state index in [1.807, 2.05) is 18.5 Å². The molecule has 0 aliphatic carbocycles. The van der Waals surface area contributed by atoms with Crippen LogP contribution in [-0.2, 0) is 0 Å². The van der Waals surface area contributed by atoms with Crippen LogP contribution >= 0.6 is 0 Å². The molecule has 0 bridgehead atoms. The molecule has 18 heavy (non-hydrogen) atoms. The maximum Gasteiger partial charge on any atom is 0.116 e. The van der Waals surface area contributed by atoms with Gasteiger partial charge in [-0.2, -0.15) is 0 Å². The Morgan fingerprint density at radius 3 is 2.78 bits per heavy atom. The van der Waals surface area contributed by atoms with Gasteiger partial charge < -0.3 is 0 Å². The van der Waals surface area contributed by atoms with Crippen LogP contribution in [0.2, 0.25) is 0 Å². The number of rotatable bonds is 0. The minimum absolute atomic E-state index is 0.954. The average molecular weight is 231 g/mol. The monoisotopic (exact) mass is 231 g/mol. The maximum absolute atomic E-state index is 4.47. The number of nitrogens with zero attached hydrogens (tertiary/aromatic N) is 3. The number of pyridine rings is 1. The molecule has 0 unspecified atom stereocenters. The highest BCUT2D eigenvalue weighted by molar-refractivity contribution is 6.09. The lowest BCUT2D eigenvalue weighted by atomic mass is 10.0. The number of aromatic nitrogens is 3. The van der Waals surface area contributed by atoms with Crippen molar-refractivity contribution in [2.75, 3.05) is 0 Å². The Morgan fingerprint density at radius 2 is 1.78 bits per heavy atom. The fraction of sp³-hybridized carbons (Fsp3) is 0. The molecular weight excluding hydrogens is 222 g/mol. The second-order valence-corrected chi connectivity index (χ2v) is 4.30. The Balaban J connectivity index is 2.27. The average Bonchev–Trinajstić information content (AvgIpc) is 2.45. The summed E-state index contributed by atoms with van der Waals surface area (Å²) < 4.78 is 0. The molecule has 4 rings (SSSR count). The lowest BCUT2D eigenvalue weighted by molar-refractivity contribution is 1.22. The SMILES string of the molecule is c1cnc2c(c1)ccc1cc3cncnc3cc12. The van der Waals surface area contributed by atoms with Crippen LogP contribution in [0.1, 0.15) is 0 Å². The van der Waals surface area contributed by atoms with Gasteiger partial charge in [0.1, 0.15) is 6.33 Å². The van der Waals surface area contributed by atoms with Gasteiger partial charge in [0.25, 0.3) is 0 Å². The third-order valence-corrected chi connectivity index (χ3v) is 3.21. The van der Waals surface area contributed by atoms with E-state index in [9.17, 15) is 0 Å². The predicted molar refractivity (Wildman–Crippen MR) is 72.3 cm³/mol. The quantitative estimate of drug-likeness (QED) is 0.344. The second-order valence-electron chi connectivity index (χ2n) is 4.30. The lowest BCUT2D eigenvalue weighted by Gasteiger charge is -2.04. The molecule has 0 N–H and O–H groups in total. The van der Waals surface area contributed by atoms with Crippen LogP contribution in [0, 0.1) is 0 Å². The van der Waals surface area contributed by atoms with Crippen LogP contribution in [0.25, 0.3) is 32.6 Å². The van der Waals surface area contributed by atoms with E-state index in [2.05, 4.69) is 45.3 Å². The van der Waals surface area contributed by atoms with E-state index in [4.69, 9.17) is 0 Å². The molecular formula is C15H9N3. The third-order valence-electron chi connectivity index (χ3n) is 3.21. The van der Waals surface area contributed by atoms with Gasteiger partial charge in [-0.05, 0) is 23.6 Å². The van der Waals surface area contributed by atoms with Crippen LogP contribution in [0.5, 0.6) is 0 Å². The van der Waals surface area contributed by atoms with Crippen molar-refractivity contribution in [2.24, 2.45) is 0 Å². The maximum atomic E-state index is 4.47. The first-order valence-electron chi connectivity index (χ1n) is 5.79. The molecule has 0 saturated carbocycles. The Labute approximate surface area is 103 Å². The summed E-state index contributed by atoms with van der Waals surface area (Å²) in [7, 11) is 0. The van der Waals surface area contributed by atoms with E-state index in [1.54, 1.807) is 6.33 Å². The van der Waals surface area contributed by atoms with Crippen LogP contribution in [-0.4, -0.2) is 15.0 Å². The van der Waals surface area contributed by atoms with E-state index < -0.39 is 0 Å². The zero-order valence-corrected chi connectivity index (χ0v) is 9.54. The highest BCUT2D eigenvalue weighted by Gasteiger charge is 2.03. The van der Waals surface area contributed by atoms with Gasteiger partial charge in [0.05, 0.1) is 11.0 Å². The van der Waals surface area contributed by atoms with E-state index >= 15 is 0 Å². The standard InChI is InChI=1S/C15H9N3/c1-2-10-3-4-11-6-12-8-16-9-18-14(12)7-13(11)15(10)17-5-1/h1-9H. The molecule has 2 aromatic carbocycles. The Morgan fingerprint density at radius 1 is 0.833 bits per heavy atom. The van der Waals surface area contributed by atoms with Gasteiger partial charge in [-0.1, -0.05) is 18.2 Å². The van der Waals surface area contributed by atoms with Crippen LogP contribution in [0.15, 0.2) is 55.1 Å². The van der Waals surface area contributed by atoms with E-state index in [1.165, 1.54) is 5.39 Å². The molecule has 0 spiro atoms. The van der Waals surface area contributed by atoms with Crippen molar-refractivity contribution in [3.05, 3.63) is 55.1 Å². The third kappa shape index (κ3) is 1.27. The van der Waals surface area contributed by atoms with Crippen LogP contribution in [0.4, 0.5) is 0 Å². The Hall–Kier alpha value is -2.55. The summed E-state index contributed by atoms with van der Waals surface area (Å²) in [4.78, 5) is 12.8. The van der Waals surface area contributed by atoms with Crippen molar-refractivity contribution in [2.45, 2.75) is 0 Å². The summed E-state index contributed by atoms with van der Waals surface area (Å²) in [5, 5.41) is 4.52. The second kappa shape index (κ2) is 3.47. The first kappa shape index (κ1) is 9.48. The molecule has 0 saturated heterocycles. The van der Waals surface area contributed by atoms with Gasteiger partial charge in [-0.3, -0.25) is 4.98 Å². The van der Waals surface area contributed by atoms with Crippen LogP contribution < -0.4 is 0 Å². The molecule has 0 fully saturated rings. The molecule has 3 heteroatoms. The molecule has 0 radical (unpaired) electrons. The van der Waals surface area contributed by atoms with Crippen molar-refractivity contribution >= 4 is 32.6 Å². The van der Waals surface area contributed by atoms with Gasteiger partial charge in [-0.25, -0.2) is 9.97 Å². The fourth-order valence-corrected chi connectivity index (χ4v) is 2.35. The van der Waals surface area contributed by atoms with Crippen molar-refractivity contribution in [1.29, 1.82) is 0 Å². The number of fused-ring (bicyclic) bond motifs is 4. The molecule has 84 valence electrons. The predicted octanol–water partition coefficient (Wildman–Crippen LogP) is 3.33. The smallest absolute Gasteiger partial charge is 0.116 e. The topological polar surface area (TPSA) is 38.7 Å². The highest BCUT2D eigenvalue weighted by Crippen LogP contribution is 2.26. The summed E-state index contributed by atoms with van der Waals surface area (Å²) in [6, 6.07) is 12.4. The van der Waals surface area contributed by atoms with E-state index in [0.29, 0.717) is 0 Å². The van der Waals surface area contributed by atoms with Crippen molar-refractivity contribution < 1.29 is 0 Å². The summed E-state index contributed by atoms with van der Waals surface area (Å²) in [5.74, 6) is 0. The van der Waals surface area contributed by atoms with Crippen molar-refractivity contribution in [3.8, 4) is 0 Å². The highest BCUT2D eigenvalue weighted by atomic mass is 14.8. The van der Waals surface area contributed by atoms with Crippen molar-refractivity contribution in [3.63, 3.8) is 0 Å². The zero-order valence-electron chi connectivity index (χ0n) is 9.54. The number of benzene rings is 2. The van der Waals surface area contributed by atoms with E-state index in [-0.39, 0.29) is 0 Å². The van der Waals surface area contributed by atoms with Gasteiger partial charge in [0, 0.05) is 28.6 Å². The lowest BCUT2D eigenvalue weighted by Crippen LogP contribution is -1.84. The number of hydrogen-bond donors (Lipinski definition) is 0. The Bertz CT molecular complexity index is 878. The molecule has 0 aliphatic heterocycles. The fourth-order valence-electron chi connectivity index (χ4n) is 2.35. The minimum atomic E-state index is 0.954. The number of hydrogen-bond acceptors (Lipinski definition) is 3. The summed E-state index contributed by atoms with van der Waals surface area (Å²) in [6.45, 7) is 0. The van der Waals surface area contributed by atoms with Gasteiger partial charge in [-0.15, -0.1) is 0 Å². The van der Waals surface area contributed by atoms with Crippen LogP contribution in [0.3, 0.4) is 0 Å². The zero-order chi connectivity index (χ0) is 11.9. The molecule has 0 aliphatic rings. The minimum Gasteiger partial charge on any atom is -0.256 e. The van der Waals surface area contributed by atoms with Gasteiger partial charge in [0.2, 0.25) is 0 Å². The van der Waals surface area contributed by atoms with Crippen molar-refractivity contribution in [1.82, 2.24) is 15.0 Å². The summed E-state index contributed by atoms with van der Waals surface area (Å²) in [5.41, 5.74) is 1.98. The summed E-state index contributed by atoms with van der Waals surface area (Å²) in [6.07, 6.45) is 5.24. The first-order chi connectivity index (χ1) is 8.92. The van der Waals surface area contributed by atoms with Gasteiger partial charge in [0.15, 0.2) is 0 Å². The summed E-state index contributed by atoms with van der Waals surface area (Å²) >= 11 is 0.